The molecular weight excluding hydrogens is 228 g/mol. The predicted molar refractivity (Wildman–Crippen MR) is 72.9 cm³/mol. The van der Waals surface area contributed by atoms with E-state index in [1.54, 1.807) is 0 Å². The Balaban J connectivity index is 2.08. The third-order valence-corrected chi connectivity index (χ3v) is 4.48. The normalized spacial score (nSPS) is 33.1. The minimum absolute atomic E-state index is 0.0778. The summed E-state index contributed by atoms with van der Waals surface area (Å²) in [7, 11) is 0. The first kappa shape index (κ1) is 13.6. The molecule has 0 aromatic carbocycles. The van der Waals surface area contributed by atoms with Crippen molar-refractivity contribution in [2.75, 3.05) is 19.6 Å². The standard InChI is InChI=1S/C13H26N4O/c1-3-12(13(14)15-18)17-9-11-6-4-5-7-16(11)8-10(17)2/h10-12,18H,3-9H2,1-2H3,(H2,14,15). The number of rotatable bonds is 3. The smallest absolute Gasteiger partial charge is 0.156 e. The van der Waals surface area contributed by atoms with Gasteiger partial charge in [0.1, 0.15) is 0 Å². The van der Waals surface area contributed by atoms with E-state index in [2.05, 4.69) is 28.8 Å². The summed E-state index contributed by atoms with van der Waals surface area (Å²) in [6, 6.07) is 1.22. The summed E-state index contributed by atoms with van der Waals surface area (Å²) in [4.78, 5) is 5.03. The van der Waals surface area contributed by atoms with Gasteiger partial charge in [-0.25, -0.2) is 0 Å². The molecule has 0 radical (unpaired) electrons. The molecule has 0 amide bonds. The Morgan fingerprint density at radius 2 is 2.22 bits per heavy atom. The highest BCUT2D eigenvalue weighted by Gasteiger charge is 2.36. The fourth-order valence-corrected chi connectivity index (χ4v) is 3.49. The van der Waals surface area contributed by atoms with Crippen LogP contribution >= 0.6 is 0 Å². The van der Waals surface area contributed by atoms with Gasteiger partial charge in [-0.2, -0.15) is 0 Å². The van der Waals surface area contributed by atoms with E-state index in [0.29, 0.717) is 17.9 Å². The van der Waals surface area contributed by atoms with Crippen LogP contribution in [0.2, 0.25) is 0 Å². The van der Waals surface area contributed by atoms with Gasteiger partial charge in [0.25, 0.3) is 0 Å². The number of piperidine rings is 1. The van der Waals surface area contributed by atoms with Crippen LogP contribution in [0.5, 0.6) is 0 Å². The Morgan fingerprint density at radius 3 is 2.89 bits per heavy atom. The fourth-order valence-electron chi connectivity index (χ4n) is 3.49. The summed E-state index contributed by atoms with van der Waals surface area (Å²) >= 11 is 0. The van der Waals surface area contributed by atoms with Gasteiger partial charge in [-0.05, 0) is 32.7 Å². The predicted octanol–water partition coefficient (Wildman–Crippen LogP) is 1.07. The highest BCUT2D eigenvalue weighted by atomic mass is 16.4. The van der Waals surface area contributed by atoms with Crippen LogP contribution in [0.4, 0.5) is 0 Å². The summed E-state index contributed by atoms with van der Waals surface area (Å²) in [5, 5.41) is 12.1. The lowest BCUT2D eigenvalue weighted by atomic mass is 9.95. The van der Waals surface area contributed by atoms with Crippen molar-refractivity contribution < 1.29 is 5.21 Å². The number of amidine groups is 1. The van der Waals surface area contributed by atoms with Crippen molar-refractivity contribution >= 4 is 5.84 Å². The number of fused-ring (bicyclic) bond motifs is 1. The molecule has 3 atom stereocenters. The van der Waals surface area contributed by atoms with Crippen LogP contribution in [-0.4, -0.2) is 58.6 Å². The van der Waals surface area contributed by atoms with Crippen molar-refractivity contribution in [1.29, 1.82) is 0 Å². The van der Waals surface area contributed by atoms with E-state index in [-0.39, 0.29) is 6.04 Å². The molecule has 5 nitrogen and oxygen atoms in total. The van der Waals surface area contributed by atoms with Gasteiger partial charge in [-0.1, -0.05) is 18.5 Å². The van der Waals surface area contributed by atoms with Gasteiger partial charge in [0, 0.05) is 25.2 Å². The average Bonchev–Trinajstić information content (AvgIpc) is 2.39. The second kappa shape index (κ2) is 5.89. The molecule has 0 saturated carbocycles. The minimum Gasteiger partial charge on any atom is -0.409 e. The third-order valence-electron chi connectivity index (χ3n) is 4.48. The summed E-state index contributed by atoms with van der Waals surface area (Å²) in [5.74, 6) is 0.355. The molecule has 3 N–H and O–H groups in total. The molecule has 2 fully saturated rings. The lowest BCUT2D eigenvalue weighted by Gasteiger charge is -2.49. The zero-order valence-electron chi connectivity index (χ0n) is 11.5. The van der Waals surface area contributed by atoms with Crippen molar-refractivity contribution in [3.63, 3.8) is 0 Å². The van der Waals surface area contributed by atoms with Gasteiger partial charge in [0.05, 0.1) is 6.04 Å². The van der Waals surface area contributed by atoms with Crippen LogP contribution < -0.4 is 5.73 Å². The highest BCUT2D eigenvalue weighted by Crippen LogP contribution is 2.26. The van der Waals surface area contributed by atoms with Gasteiger partial charge in [-0.15, -0.1) is 0 Å². The SMILES string of the molecule is CCC(C(N)=NO)N1CC2CCCCN2CC1C. The Bertz CT molecular complexity index is 307. The van der Waals surface area contributed by atoms with Crippen molar-refractivity contribution in [2.45, 2.75) is 57.7 Å². The average molecular weight is 254 g/mol. The molecule has 2 heterocycles. The number of hydrogen-bond acceptors (Lipinski definition) is 4. The minimum atomic E-state index is 0.0778. The molecular formula is C13H26N4O. The van der Waals surface area contributed by atoms with Gasteiger partial charge in [-0.3, -0.25) is 9.80 Å². The molecule has 5 heteroatoms. The molecule has 0 aliphatic carbocycles. The molecule has 3 unspecified atom stereocenters. The third kappa shape index (κ3) is 2.62. The largest absolute Gasteiger partial charge is 0.409 e. The van der Waals surface area contributed by atoms with E-state index < -0.39 is 0 Å². The second-order valence-electron chi connectivity index (χ2n) is 5.64. The summed E-state index contributed by atoms with van der Waals surface area (Å²) < 4.78 is 0. The molecule has 0 spiro atoms. The maximum atomic E-state index is 8.91. The summed E-state index contributed by atoms with van der Waals surface area (Å²) in [5.41, 5.74) is 5.83. The van der Waals surface area contributed by atoms with E-state index >= 15 is 0 Å². The summed E-state index contributed by atoms with van der Waals surface area (Å²) in [6.45, 7) is 7.75. The zero-order valence-corrected chi connectivity index (χ0v) is 11.5. The quantitative estimate of drug-likeness (QED) is 0.342. The van der Waals surface area contributed by atoms with Gasteiger partial charge >= 0.3 is 0 Å². The maximum Gasteiger partial charge on any atom is 0.156 e. The topological polar surface area (TPSA) is 65.1 Å². The zero-order chi connectivity index (χ0) is 13.1. The van der Waals surface area contributed by atoms with E-state index in [1.165, 1.54) is 25.8 Å². The number of piperazine rings is 1. The van der Waals surface area contributed by atoms with Crippen molar-refractivity contribution in [1.82, 2.24) is 9.80 Å². The molecule has 0 aromatic rings. The number of hydrogen-bond donors (Lipinski definition) is 2. The second-order valence-corrected chi connectivity index (χ2v) is 5.64. The Hall–Kier alpha value is -0.810. The van der Waals surface area contributed by atoms with Crippen molar-refractivity contribution in [3.8, 4) is 0 Å². The molecule has 2 aliphatic heterocycles. The van der Waals surface area contributed by atoms with E-state index in [0.717, 1.165) is 19.5 Å². The monoisotopic (exact) mass is 254 g/mol. The lowest BCUT2D eigenvalue weighted by molar-refractivity contribution is 0.00416. The van der Waals surface area contributed by atoms with Crippen LogP contribution in [0.3, 0.4) is 0 Å². The number of nitrogens with two attached hydrogens (primary N) is 1. The van der Waals surface area contributed by atoms with Crippen LogP contribution in [-0.2, 0) is 0 Å². The van der Waals surface area contributed by atoms with Crippen LogP contribution in [0.15, 0.2) is 5.16 Å². The molecule has 2 saturated heterocycles. The molecule has 18 heavy (non-hydrogen) atoms. The lowest BCUT2D eigenvalue weighted by Crippen LogP contribution is -2.62. The van der Waals surface area contributed by atoms with Crippen molar-refractivity contribution in [3.05, 3.63) is 0 Å². The summed E-state index contributed by atoms with van der Waals surface area (Å²) in [6.07, 6.45) is 4.85. The fraction of sp³-hybridized carbons (Fsp3) is 0.923. The van der Waals surface area contributed by atoms with Crippen molar-refractivity contribution in [2.24, 2.45) is 10.9 Å². The van der Waals surface area contributed by atoms with E-state index in [4.69, 9.17) is 10.9 Å². The highest BCUT2D eigenvalue weighted by molar-refractivity contribution is 5.85. The first-order valence-corrected chi connectivity index (χ1v) is 7.14. The van der Waals surface area contributed by atoms with Gasteiger partial charge in [0.15, 0.2) is 5.84 Å². The van der Waals surface area contributed by atoms with Crippen LogP contribution in [0, 0.1) is 0 Å². The molecule has 0 bridgehead atoms. The first-order chi connectivity index (χ1) is 8.67. The first-order valence-electron chi connectivity index (χ1n) is 7.14. The maximum absolute atomic E-state index is 8.91. The van der Waals surface area contributed by atoms with Crippen LogP contribution in [0.25, 0.3) is 0 Å². The Labute approximate surface area is 110 Å². The van der Waals surface area contributed by atoms with Gasteiger partial charge in [0.2, 0.25) is 0 Å². The van der Waals surface area contributed by atoms with Crippen LogP contribution in [0.1, 0.15) is 39.5 Å². The molecule has 2 rings (SSSR count). The molecule has 0 aromatic heterocycles. The molecule has 2 aliphatic rings. The van der Waals surface area contributed by atoms with E-state index in [9.17, 15) is 0 Å². The Kier molecular flexibility index (Phi) is 4.45. The number of nitrogens with zero attached hydrogens (tertiary/aromatic N) is 3. The van der Waals surface area contributed by atoms with E-state index in [1.807, 2.05) is 0 Å². The Morgan fingerprint density at radius 1 is 1.44 bits per heavy atom. The number of oxime groups is 1. The van der Waals surface area contributed by atoms with Gasteiger partial charge < -0.3 is 10.9 Å². The molecule has 104 valence electrons.